The van der Waals surface area contributed by atoms with Crippen LogP contribution >= 0.6 is 0 Å². The van der Waals surface area contributed by atoms with Crippen LogP contribution in [0.15, 0.2) is 48.7 Å². The Kier molecular flexibility index (Phi) is 3.26. The van der Waals surface area contributed by atoms with Crippen molar-refractivity contribution >= 4 is 5.69 Å². The molecule has 0 aliphatic heterocycles. The lowest BCUT2D eigenvalue weighted by atomic mass is 10.0. The maximum atomic E-state index is 6.18. The first-order chi connectivity index (χ1) is 10.0. The van der Waals surface area contributed by atoms with Crippen molar-refractivity contribution < 1.29 is 0 Å². The zero-order chi connectivity index (χ0) is 15.0. The van der Waals surface area contributed by atoms with Crippen LogP contribution in [-0.4, -0.2) is 9.78 Å². The van der Waals surface area contributed by atoms with Crippen molar-refractivity contribution in [1.29, 1.82) is 0 Å². The van der Waals surface area contributed by atoms with E-state index in [4.69, 9.17) is 5.73 Å². The summed E-state index contributed by atoms with van der Waals surface area (Å²) in [6.45, 7) is 6.25. The molecular weight excluding hydrogens is 258 g/mol. The van der Waals surface area contributed by atoms with E-state index in [-0.39, 0.29) is 0 Å². The third-order valence-corrected chi connectivity index (χ3v) is 3.60. The number of nitrogen functional groups attached to an aromatic ring is 1. The molecule has 3 rings (SSSR count). The van der Waals surface area contributed by atoms with Crippen molar-refractivity contribution in [3.05, 3.63) is 65.4 Å². The van der Waals surface area contributed by atoms with Gasteiger partial charge in [-0.3, -0.25) is 0 Å². The van der Waals surface area contributed by atoms with E-state index in [0.717, 1.165) is 16.9 Å². The Hall–Kier alpha value is -2.55. The highest BCUT2D eigenvalue weighted by molar-refractivity contribution is 5.73. The zero-order valence-corrected chi connectivity index (χ0v) is 12.6. The number of para-hydroxylation sites is 1. The van der Waals surface area contributed by atoms with Crippen molar-refractivity contribution in [3.8, 4) is 16.9 Å². The van der Waals surface area contributed by atoms with Crippen LogP contribution in [0.3, 0.4) is 0 Å². The topological polar surface area (TPSA) is 43.8 Å². The molecule has 0 aliphatic rings. The normalized spacial score (nSPS) is 10.8. The molecule has 0 spiro atoms. The van der Waals surface area contributed by atoms with Gasteiger partial charge in [-0.1, -0.05) is 35.4 Å². The minimum absolute atomic E-state index is 0.697. The maximum Gasteiger partial charge on any atom is 0.116 e. The van der Waals surface area contributed by atoms with Crippen LogP contribution in [0.5, 0.6) is 0 Å². The molecule has 0 saturated heterocycles. The molecule has 2 N–H and O–H groups in total. The van der Waals surface area contributed by atoms with E-state index >= 15 is 0 Å². The first kappa shape index (κ1) is 13.4. The van der Waals surface area contributed by atoms with Gasteiger partial charge in [0.2, 0.25) is 0 Å². The Labute approximate surface area is 125 Å². The average molecular weight is 277 g/mol. The van der Waals surface area contributed by atoms with Crippen molar-refractivity contribution in [2.24, 2.45) is 0 Å². The van der Waals surface area contributed by atoms with Crippen LogP contribution in [0.25, 0.3) is 16.9 Å². The number of anilines is 1. The van der Waals surface area contributed by atoms with Crippen molar-refractivity contribution in [3.63, 3.8) is 0 Å². The molecule has 0 amide bonds. The fraction of sp³-hybridized carbons (Fsp3) is 0.167. The van der Waals surface area contributed by atoms with Gasteiger partial charge < -0.3 is 5.73 Å². The van der Waals surface area contributed by atoms with Gasteiger partial charge in [0, 0.05) is 5.56 Å². The fourth-order valence-corrected chi connectivity index (χ4v) is 2.67. The maximum absolute atomic E-state index is 6.18. The Morgan fingerprint density at radius 2 is 1.62 bits per heavy atom. The van der Waals surface area contributed by atoms with E-state index in [9.17, 15) is 0 Å². The van der Waals surface area contributed by atoms with Crippen LogP contribution in [0.1, 0.15) is 16.7 Å². The zero-order valence-electron chi connectivity index (χ0n) is 12.6. The van der Waals surface area contributed by atoms with Crippen LogP contribution in [0.2, 0.25) is 0 Å². The predicted octanol–water partition coefficient (Wildman–Crippen LogP) is 4.05. The molecule has 3 aromatic rings. The van der Waals surface area contributed by atoms with Gasteiger partial charge in [-0.05, 0) is 44.5 Å². The van der Waals surface area contributed by atoms with Crippen LogP contribution in [0, 0.1) is 20.8 Å². The second-order valence-electron chi connectivity index (χ2n) is 5.54. The van der Waals surface area contributed by atoms with E-state index in [1.54, 1.807) is 0 Å². The van der Waals surface area contributed by atoms with Gasteiger partial charge in [-0.2, -0.15) is 5.10 Å². The monoisotopic (exact) mass is 277 g/mol. The number of aryl methyl sites for hydroxylation is 3. The molecule has 0 radical (unpaired) electrons. The highest BCUT2D eigenvalue weighted by Gasteiger charge is 2.11. The quantitative estimate of drug-likeness (QED) is 0.768. The molecule has 3 heteroatoms. The summed E-state index contributed by atoms with van der Waals surface area (Å²) in [6, 6.07) is 14.5. The Bertz CT molecular complexity index is 780. The molecule has 106 valence electrons. The third-order valence-electron chi connectivity index (χ3n) is 3.60. The summed E-state index contributed by atoms with van der Waals surface area (Å²) < 4.78 is 1.86. The molecule has 2 aromatic carbocycles. The van der Waals surface area contributed by atoms with Gasteiger partial charge in [-0.15, -0.1) is 0 Å². The first-order valence-electron chi connectivity index (χ1n) is 7.04. The van der Waals surface area contributed by atoms with Gasteiger partial charge in [0.05, 0.1) is 17.6 Å². The van der Waals surface area contributed by atoms with Gasteiger partial charge in [-0.25, -0.2) is 4.68 Å². The number of hydrogen-bond donors (Lipinski definition) is 1. The van der Waals surface area contributed by atoms with Gasteiger partial charge in [0.25, 0.3) is 0 Å². The summed E-state index contributed by atoms with van der Waals surface area (Å²) in [7, 11) is 0. The van der Waals surface area contributed by atoms with Crippen LogP contribution in [-0.2, 0) is 0 Å². The highest BCUT2D eigenvalue weighted by atomic mass is 15.3. The first-order valence-corrected chi connectivity index (χ1v) is 7.04. The average Bonchev–Trinajstić information content (AvgIpc) is 2.80. The van der Waals surface area contributed by atoms with Gasteiger partial charge in [0.15, 0.2) is 0 Å². The lowest BCUT2D eigenvalue weighted by molar-refractivity contribution is 0.876. The summed E-state index contributed by atoms with van der Waals surface area (Å²) in [5, 5.41) is 4.69. The Morgan fingerprint density at radius 3 is 2.29 bits per heavy atom. The summed E-state index contributed by atoms with van der Waals surface area (Å²) in [6.07, 6.45) is 1.88. The second-order valence-corrected chi connectivity index (χ2v) is 5.54. The standard InChI is InChI=1S/C18H19N3/c1-12-8-13(2)10-15(9-12)18-16(19)11-21(20-18)17-7-5-4-6-14(17)3/h4-11H,19H2,1-3H3. The number of nitrogens with two attached hydrogens (primary N) is 1. The Morgan fingerprint density at radius 1 is 0.952 bits per heavy atom. The molecule has 0 atom stereocenters. The molecule has 1 aromatic heterocycles. The highest BCUT2D eigenvalue weighted by Crippen LogP contribution is 2.27. The lowest BCUT2D eigenvalue weighted by Gasteiger charge is -2.05. The minimum atomic E-state index is 0.697. The largest absolute Gasteiger partial charge is 0.396 e. The van der Waals surface area contributed by atoms with E-state index in [1.165, 1.54) is 16.7 Å². The van der Waals surface area contributed by atoms with E-state index in [2.05, 4.69) is 50.1 Å². The van der Waals surface area contributed by atoms with Crippen LogP contribution in [0.4, 0.5) is 5.69 Å². The second kappa shape index (κ2) is 5.09. The molecule has 0 fully saturated rings. The smallest absolute Gasteiger partial charge is 0.116 e. The number of rotatable bonds is 2. The van der Waals surface area contributed by atoms with Crippen molar-refractivity contribution in [1.82, 2.24) is 9.78 Å². The number of benzene rings is 2. The summed E-state index contributed by atoms with van der Waals surface area (Å²) in [5.74, 6) is 0. The van der Waals surface area contributed by atoms with E-state index < -0.39 is 0 Å². The molecule has 0 unspecified atom stereocenters. The van der Waals surface area contributed by atoms with Crippen molar-refractivity contribution in [2.75, 3.05) is 5.73 Å². The number of nitrogens with zero attached hydrogens (tertiary/aromatic N) is 2. The molecule has 3 nitrogen and oxygen atoms in total. The van der Waals surface area contributed by atoms with Gasteiger partial charge in [0.1, 0.15) is 5.69 Å². The SMILES string of the molecule is Cc1cc(C)cc(-c2nn(-c3ccccc3C)cc2N)c1. The molecule has 0 saturated carbocycles. The number of aromatic nitrogens is 2. The van der Waals surface area contributed by atoms with Crippen LogP contribution < -0.4 is 5.73 Å². The van der Waals surface area contributed by atoms with E-state index in [0.29, 0.717) is 5.69 Å². The van der Waals surface area contributed by atoms with E-state index in [1.807, 2.05) is 29.1 Å². The molecule has 0 aliphatic carbocycles. The molecule has 1 heterocycles. The number of hydrogen-bond acceptors (Lipinski definition) is 2. The van der Waals surface area contributed by atoms with Gasteiger partial charge >= 0.3 is 0 Å². The van der Waals surface area contributed by atoms with Crippen molar-refractivity contribution in [2.45, 2.75) is 20.8 Å². The summed E-state index contributed by atoms with van der Waals surface area (Å²) in [4.78, 5) is 0. The lowest BCUT2D eigenvalue weighted by Crippen LogP contribution is -1.97. The molecule has 21 heavy (non-hydrogen) atoms. The third kappa shape index (κ3) is 2.55. The molecular formula is C18H19N3. The summed E-state index contributed by atoms with van der Waals surface area (Å²) >= 11 is 0. The molecule has 0 bridgehead atoms. The summed E-state index contributed by atoms with van der Waals surface area (Å²) in [5.41, 5.74) is 13.4. The fourth-order valence-electron chi connectivity index (χ4n) is 2.67. The Balaban J connectivity index is 2.12. The minimum Gasteiger partial charge on any atom is -0.396 e. The predicted molar refractivity (Wildman–Crippen MR) is 87.6 cm³/mol.